The van der Waals surface area contributed by atoms with E-state index in [1.165, 1.54) is 12.0 Å². The second-order valence-electron chi connectivity index (χ2n) is 4.99. The monoisotopic (exact) mass is 294 g/mol. The third kappa shape index (κ3) is 2.02. The molecule has 1 aromatic carbocycles. The number of piperazine rings is 1. The largest absolute Gasteiger partial charge is 0.495 e. The molecule has 2 aliphatic rings. The Balaban J connectivity index is 1.99. The van der Waals surface area contributed by atoms with Gasteiger partial charge in [-0.2, -0.15) is 0 Å². The third-order valence-electron chi connectivity index (χ3n) is 3.85. The van der Waals surface area contributed by atoms with Crippen LogP contribution < -0.4 is 9.64 Å². The summed E-state index contributed by atoms with van der Waals surface area (Å²) < 4.78 is 5.27. The summed E-state index contributed by atoms with van der Waals surface area (Å²) in [7, 11) is 1.53. The minimum absolute atomic E-state index is 0.0193. The van der Waals surface area contributed by atoms with Crippen molar-refractivity contribution in [3.05, 3.63) is 23.2 Å². The van der Waals surface area contributed by atoms with Crippen LogP contribution in [-0.4, -0.2) is 43.0 Å². The maximum Gasteiger partial charge on any atom is 0.250 e. The molecule has 0 spiro atoms. The summed E-state index contributed by atoms with van der Waals surface area (Å²) in [5.74, 6) is 0.471. The molecular formula is C14H15ClN2O3. The van der Waals surface area contributed by atoms with E-state index in [-0.39, 0.29) is 24.4 Å². The molecule has 2 amide bonds. The van der Waals surface area contributed by atoms with Gasteiger partial charge in [-0.25, -0.2) is 0 Å². The topological polar surface area (TPSA) is 49.9 Å². The van der Waals surface area contributed by atoms with Gasteiger partial charge in [0.15, 0.2) is 0 Å². The SMILES string of the molecule is COc1ccc(Cl)cc1N1CC(=O)N2CCCC2C1=O. The number of carbonyl (C=O) groups excluding carboxylic acids is 2. The molecule has 0 N–H and O–H groups in total. The van der Waals surface area contributed by atoms with Gasteiger partial charge in [0.05, 0.1) is 12.8 Å². The molecule has 2 heterocycles. The fraction of sp³-hybridized carbons (Fsp3) is 0.429. The number of hydrogen-bond donors (Lipinski definition) is 0. The molecule has 1 aromatic rings. The van der Waals surface area contributed by atoms with Crippen LogP contribution >= 0.6 is 11.6 Å². The van der Waals surface area contributed by atoms with E-state index >= 15 is 0 Å². The lowest BCUT2D eigenvalue weighted by atomic mass is 10.1. The first kappa shape index (κ1) is 13.2. The quantitative estimate of drug-likeness (QED) is 0.834. The van der Waals surface area contributed by atoms with Crippen molar-refractivity contribution in [2.24, 2.45) is 0 Å². The Hall–Kier alpha value is -1.75. The molecule has 0 radical (unpaired) electrons. The van der Waals surface area contributed by atoms with Crippen LogP contribution in [0.1, 0.15) is 12.8 Å². The summed E-state index contributed by atoms with van der Waals surface area (Å²) >= 11 is 6.00. The Morgan fingerprint density at radius 3 is 2.90 bits per heavy atom. The number of nitrogens with zero attached hydrogens (tertiary/aromatic N) is 2. The van der Waals surface area contributed by atoms with Crippen molar-refractivity contribution in [2.45, 2.75) is 18.9 Å². The zero-order valence-electron chi connectivity index (χ0n) is 11.1. The molecule has 2 fully saturated rings. The van der Waals surface area contributed by atoms with Crippen LogP contribution in [0.4, 0.5) is 5.69 Å². The molecule has 0 aliphatic carbocycles. The molecule has 0 bridgehead atoms. The van der Waals surface area contributed by atoms with E-state index in [9.17, 15) is 9.59 Å². The number of rotatable bonds is 2. The first-order valence-electron chi connectivity index (χ1n) is 6.56. The summed E-state index contributed by atoms with van der Waals surface area (Å²) in [6, 6.07) is 4.73. The summed E-state index contributed by atoms with van der Waals surface area (Å²) in [4.78, 5) is 27.9. The standard InChI is InChI=1S/C14H15ClN2O3/c1-20-12-5-4-9(15)7-11(12)17-8-13(18)16-6-2-3-10(16)14(17)19/h4-5,7,10H,2-3,6,8H2,1H3. The Labute approximate surface area is 122 Å². The van der Waals surface area contributed by atoms with Crippen LogP contribution in [0.15, 0.2) is 18.2 Å². The van der Waals surface area contributed by atoms with E-state index in [0.29, 0.717) is 23.0 Å². The number of benzene rings is 1. The van der Waals surface area contributed by atoms with Crippen LogP contribution in [0.2, 0.25) is 5.02 Å². The van der Waals surface area contributed by atoms with Gasteiger partial charge in [-0.15, -0.1) is 0 Å². The number of hydrogen-bond acceptors (Lipinski definition) is 3. The molecule has 20 heavy (non-hydrogen) atoms. The average molecular weight is 295 g/mol. The molecule has 0 saturated carbocycles. The number of fused-ring (bicyclic) bond motifs is 1. The first-order valence-corrected chi connectivity index (χ1v) is 6.94. The van der Waals surface area contributed by atoms with Crippen molar-refractivity contribution in [2.75, 3.05) is 25.1 Å². The zero-order valence-corrected chi connectivity index (χ0v) is 11.9. The first-order chi connectivity index (χ1) is 9.61. The Kier molecular flexibility index (Phi) is 3.30. The second-order valence-corrected chi connectivity index (χ2v) is 5.42. The third-order valence-corrected chi connectivity index (χ3v) is 4.08. The molecule has 6 heteroatoms. The highest BCUT2D eigenvalue weighted by atomic mass is 35.5. The molecular weight excluding hydrogens is 280 g/mol. The Bertz CT molecular complexity index is 576. The zero-order chi connectivity index (χ0) is 14.3. The maximum atomic E-state index is 12.6. The summed E-state index contributed by atoms with van der Waals surface area (Å²) in [6.45, 7) is 0.724. The molecule has 1 unspecified atom stereocenters. The lowest BCUT2D eigenvalue weighted by Gasteiger charge is -2.36. The van der Waals surface area contributed by atoms with E-state index in [1.807, 2.05) is 0 Å². The van der Waals surface area contributed by atoms with Gasteiger partial charge in [0.25, 0.3) is 0 Å². The number of methoxy groups -OCH3 is 1. The highest BCUT2D eigenvalue weighted by Crippen LogP contribution is 2.35. The van der Waals surface area contributed by atoms with Crippen LogP contribution in [0.5, 0.6) is 5.75 Å². The number of ether oxygens (including phenoxy) is 1. The number of carbonyl (C=O) groups is 2. The molecule has 5 nitrogen and oxygen atoms in total. The minimum Gasteiger partial charge on any atom is -0.495 e. The predicted octanol–water partition coefficient (Wildman–Crippen LogP) is 1.69. The predicted molar refractivity (Wildman–Crippen MR) is 75.1 cm³/mol. The van der Waals surface area contributed by atoms with Crippen LogP contribution in [-0.2, 0) is 9.59 Å². The Morgan fingerprint density at radius 2 is 2.15 bits per heavy atom. The fourth-order valence-corrected chi connectivity index (χ4v) is 3.05. The highest BCUT2D eigenvalue weighted by Gasteiger charge is 2.43. The second kappa shape index (κ2) is 4.98. The molecule has 1 atom stereocenters. The van der Waals surface area contributed by atoms with Crippen molar-refractivity contribution in [3.63, 3.8) is 0 Å². The number of anilines is 1. The highest BCUT2D eigenvalue weighted by molar-refractivity contribution is 6.31. The summed E-state index contributed by atoms with van der Waals surface area (Å²) in [5, 5.41) is 0.509. The van der Waals surface area contributed by atoms with Crippen LogP contribution in [0, 0.1) is 0 Å². The van der Waals surface area contributed by atoms with E-state index in [0.717, 1.165) is 12.8 Å². The molecule has 106 valence electrons. The maximum absolute atomic E-state index is 12.6. The van der Waals surface area contributed by atoms with Gasteiger partial charge in [0.1, 0.15) is 18.3 Å². The minimum atomic E-state index is -0.333. The van der Waals surface area contributed by atoms with Gasteiger partial charge < -0.3 is 9.64 Å². The van der Waals surface area contributed by atoms with Gasteiger partial charge in [-0.3, -0.25) is 14.5 Å². The smallest absolute Gasteiger partial charge is 0.250 e. The molecule has 2 saturated heterocycles. The molecule has 3 rings (SSSR count). The van der Waals surface area contributed by atoms with Gasteiger partial charge in [-0.1, -0.05) is 11.6 Å². The summed E-state index contributed by atoms with van der Waals surface area (Å²) in [5.41, 5.74) is 0.560. The summed E-state index contributed by atoms with van der Waals surface area (Å²) in [6.07, 6.45) is 1.60. The van der Waals surface area contributed by atoms with E-state index in [2.05, 4.69) is 0 Å². The van der Waals surface area contributed by atoms with Gasteiger partial charge in [0, 0.05) is 11.6 Å². The fourth-order valence-electron chi connectivity index (χ4n) is 2.88. The average Bonchev–Trinajstić information content (AvgIpc) is 2.93. The van der Waals surface area contributed by atoms with Crippen LogP contribution in [0.25, 0.3) is 0 Å². The van der Waals surface area contributed by atoms with Crippen molar-refractivity contribution in [1.29, 1.82) is 0 Å². The van der Waals surface area contributed by atoms with Gasteiger partial charge in [0.2, 0.25) is 11.8 Å². The van der Waals surface area contributed by atoms with Crippen molar-refractivity contribution in [3.8, 4) is 5.75 Å². The van der Waals surface area contributed by atoms with Gasteiger partial charge in [-0.05, 0) is 31.0 Å². The lowest BCUT2D eigenvalue weighted by molar-refractivity contribution is -0.140. The van der Waals surface area contributed by atoms with E-state index in [4.69, 9.17) is 16.3 Å². The lowest BCUT2D eigenvalue weighted by Crippen LogP contribution is -2.57. The number of halogens is 1. The van der Waals surface area contributed by atoms with Crippen molar-refractivity contribution in [1.82, 2.24) is 4.90 Å². The van der Waals surface area contributed by atoms with Crippen LogP contribution in [0.3, 0.4) is 0 Å². The van der Waals surface area contributed by atoms with Gasteiger partial charge >= 0.3 is 0 Å². The van der Waals surface area contributed by atoms with E-state index < -0.39 is 0 Å². The molecule has 2 aliphatic heterocycles. The van der Waals surface area contributed by atoms with Crippen molar-refractivity contribution >= 4 is 29.1 Å². The van der Waals surface area contributed by atoms with E-state index in [1.54, 1.807) is 23.1 Å². The normalized spacial score (nSPS) is 22.2. The Morgan fingerprint density at radius 1 is 1.35 bits per heavy atom. The van der Waals surface area contributed by atoms with Crippen molar-refractivity contribution < 1.29 is 14.3 Å². The number of amides is 2. The molecule has 0 aromatic heterocycles.